The van der Waals surface area contributed by atoms with Crippen molar-refractivity contribution in [2.75, 3.05) is 26.2 Å². The van der Waals surface area contributed by atoms with Gasteiger partial charge in [0.05, 0.1) is 36.7 Å². The molecule has 0 spiro atoms. The second kappa shape index (κ2) is 7.63. The average Bonchev–Trinajstić information content (AvgIpc) is 2.55. The third kappa shape index (κ3) is 4.04. The molecular formula is C16H20N4O3S. The molecule has 2 rings (SSSR count). The first-order valence-electron chi connectivity index (χ1n) is 7.72. The standard InChI is InChI=1S/C16H20N4O3S/c1-3-19(10-13(2)8-17)24(21,22)20-11-16(12-20)23-15-6-4-14(9-18)5-7-15/h4-7,13,16H,3,10-12H2,1-2H3. The minimum Gasteiger partial charge on any atom is -0.488 e. The second-order valence-electron chi connectivity index (χ2n) is 5.68. The van der Waals surface area contributed by atoms with E-state index in [-0.39, 0.29) is 31.7 Å². The molecule has 8 heteroatoms. The fourth-order valence-electron chi connectivity index (χ4n) is 2.36. The molecule has 7 nitrogen and oxygen atoms in total. The van der Waals surface area contributed by atoms with Gasteiger partial charge >= 0.3 is 0 Å². The molecule has 0 bridgehead atoms. The molecule has 0 amide bonds. The van der Waals surface area contributed by atoms with Crippen LogP contribution in [-0.2, 0) is 10.2 Å². The topological polar surface area (TPSA) is 97.4 Å². The third-order valence-electron chi connectivity index (χ3n) is 3.80. The fourth-order valence-corrected chi connectivity index (χ4v) is 4.13. The van der Waals surface area contributed by atoms with Gasteiger partial charge in [-0.15, -0.1) is 0 Å². The lowest BCUT2D eigenvalue weighted by Crippen LogP contribution is -2.60. The molecule has 0 aliphatic carbocycles. The van der Waals surface area contributed by atoms with Crippen molar-refractivity contribution in [1.29, 1.82) is 10.5 Å². The van der Waals surface area contributed by atoms with Gasteiger partial charge in [0.15, 0.2) is 0 Å². The van der Waals surface area contributed by atoms with E-state index in [1.807, 2.05) is 6.07 Å². The van der Waals surface area contributed by atoms with Crippen LogP contribution in [0.1, 0.15) is 19.4 Å². The Morgan fingerprint density at radius 3 is 2.46 bits per heavy atom. The Hall–Kier alpha value is -2.13. The van der Waals surface area contributed by atoms with Gasteiger partial charge in [0.1, 0.15) is 11.9 Å². The molecule has 128 valence electrons. The Morgan fingerprint density at radius 1 is 1.33 bits per heavy atom. The van der Waals surface area contributed by atoms with Crippen molar-refractivity contribution in [3.05, 3.63) is 29.8 Å². The highest BCUT2D eigenvalue weighted by atomic mass is 32.2. The third-order valence-corrected chi connectivity index (χ3v) is 5.81. The van der Waals surface area contributed by atoms with Crippen LogP contribution in [0.5, 0.6) is 5.75 Å². The Balaban J connectivity index is 1.92. The SMILES string of the molecule is CCN(CC(C)C#N)S(=O)(=O)N1CC(Oc2ccc(C#N)cc2)C1. The van der Waals surface area contributed by atoms with E-state index in [4.69, 9.17) is 15.3 Å². The summed E-state index contributed by atoms with van der Waals surface area (Å²) < 4.78 is 33.4. The van der Waals surface area contributed by atoms with Crippen LogP contribution in [-0.4, -0.2) is 49.3 Å². The van der Waals surface area contributed by atoms with Crippen LogP contribution in [0.3, 0.4) is 0 Å². The van der Waals surface area contributed by atoms with E-state index >= 15 is 0 Å². The molecule has 1 saturated heterocycles. The minimum atomic E-state index is -3.56. The van der Waals surface area contributed by atoms with Gasteiger partial charge in [0, 0.05) is 13.1 Å². The van der Waals surface area contributed by atoms with E-state index in [9.17, 15) is 8.42 Å². The summed E-state index contributed by atoms with van der Waals surface area (Å²) in [5, 5.41) is 17.6. The van der Waals surface area contributed by atoms with Crippen molar-refractivity contribution < 1.29 is 13.2 Å². The summed E-state index contributed by atoms with van der Waals surface area (Å²) in [6.45, 7) is 4.52. The number of nitrogens with zero attached hydrogens (tertiary/aromatic N) is 4. The summed E-state index contributed by atoms with van der Waals surface area (Å²) in [5.41, 5.74) is 0.547. The number of ether oxygens (including phenoxy) is 1. The maximum absolute atomic E-state index is 12.5. The van der Waals surface area contributed by atoms with Gasteiger partial charge in [-0.2, -0.15) is 27.6 Å². The first-order chi connectivity index (χ1) is 11.4. The van der Waals surface area contributed by atoms with Crippen LogP contribution in [0, 0.1) is 28.6 Å². The summed E-state index contributed by atoms with van der Waals surface area (Å²) in [6, 6.07) is 10.8. The number of nitriles is 2. The number of rotatable bonds is 7. The van der Waals surface area contributed by atoms with Gasteiger partial charge in [-0.1, -0.05) is 6.92 Å². The molecule has 0 N–H and O–H groups in total. The van der Waals surface area contributed by atoms with E-state index in [1.165, 1.54) is 8.61 Å². The largest absolute Gasteiger partial charge is 0.488 e. The molecule has 0 radical (unpaired) electrons. The molecule has 1 aromatic rings. The van der Waals surface area contributed by atoms with Crippen molar-refractivity contribution in [1.82, 2.24) is 8.61 Å². The molecule has 0 aromatic heterocycles. The molecule has 1 fully saturated rings. The number of hydrogen-bond donors (Lipinski definition) is 0. The number of benzene rings is 1. The van der Waals surface area contributed by atoms with Crippen molar-refractivity contribution in [3.63, 3.8) is 0 Å². The molecule has 1 atom stereocenters. The number of hydrogen-bond acceptors (Lipinski definition) is 5. The highest BCUT2D eigenvalue weighted by molar-refractivity contribution is 7.86. The van der Waals surface area contributed by atoms with Crippen molar-refractivity contribution in [2.45, 2.75) is 20.0 Å². The van der Waals surface area contributed by atoms with Crippen LogP contribution >= 0.6 is 0 Å². The normalized spacial score (nSPS) is 16.9. The smallest absolute Gasteiger partial charge is 0.282 e. The predicted octanol–water partition coefficient (Wildman–Crippen LogP) is 1.35. The summed E-state index contributed by atoms with van der Waals surface area (Å²) in [6.07, 6.45) is -0.209. The second-order valence-corrected chi connectivity index (χ2v) is 7.61. The molecule has 1 heterocycles. The lowest BCUT2D eigenvalue weighted by Gasteiger charge is -2.40. The molecule has 1 unspecified atom stereocenters. The van der Waals surface area contributed by atoms with Gasteiger partial charge in [-0.3, -0.25) is 0 Å². The lowest BCUT2D eigenvalue weighted by molar-refractivity contribution is 0.0712. The molecule has 1 aromatic carbocycles. The van der Waals surface area contributed by atoms with Crippen LogP contribution in [0.2, 0.25) is 0 Å². The molecule has 0 saturated carbocycles. The quantitative estimate of drug-likeness (QED) is 0.741. The summed E-state index contributed by atoms with van der Waals surface area (Å²) in [5.74, 6) is 0.258. The lowest BCUT2D eigenvalue weighted by atomic mass is 10.2. The Bertz CT molecular complexity index is 743. The first kappa shape index (κ1) is 18.2. The maximum Gasteiger partial charge on any atom is 0.282 e. The van der Waals surface area contributed by atoms with E-state index in [0.717, 1.165) is 0 Å². The van der Waals surface area contributed by atoms with Crippen molar-refractivity contribution in [3.8, 4) is 17.9 Å². The van der Waals surface area contributed by atoms with Gasteiger partial charge in [0.2, 0.25) is 0 Å². The zero-order valence-electron chi connectivity index (χ0n) is 13.7. The maximum atomic E-state index is 12.5. The molecule has 1 aliphatic rings. The molecule has 24 heavy (non-hydrogen) atoms. The Kier molecular flexibility index (Phi) is 5.79. The fraction of sp³-hybridized carbons (Fsp3) is 0.500. The molecular weight excluding hydrogens is 328 g/mol. The zero-order valence-corrected chi connectivity index (χ0v) is 14.5. The minimum absolute atomic E-state index is 0.187. The van der Waals surface area contributed by atoms with E-state index in [1.54, 1.807) is 38.1 Å². The highest BCUT2D eigenvalue weighted by Crippen LogP contribution is 2.23. The van der Waals surface area contributed by atoms with Crippen LogP contribution in [0.25, 0.3) is 0 Å². The van der Waals surface area contributed by atoms with Crippen molar-refractivity contribution >= 4 is 10.2 Å². The average molecular weight is 348 g/mol. The highest BCUT2D eigenvalue weighted by Gasteiger charge is 2.40. The summed E-state index contributed by atoms with van der Waals surface area (Å²) >= 11 is 0. The van der Waals surface area contributed by atoms with Crippen LogP contribution in [0.4, 0.5) is 0 Å². The van der Waals surface area contributed by atoms with E-state index in [0.29, 0.717) is 17.9 Å². The van der Waals surface area contributed by atoms with E-state index < -0.39 is 10.2 Å². The Labute approximate surface area is 142 Å². The molecule has 1 aliphatic heterocycles. The monoisotopic (exact) mass is 348 g/mol. The van der Waals surface area contributed by atoms with Crippen LogP contribution < -0.4 is 4.74 Å². The summed E-state index contributed by atoms with van der Waals surface area (Å²) in [7, 11) is -3.56. The van der Waals surface area contributed by atoms with Crippen LogP contribution in [0.15, 0.2) is 24.3 Å². The van der Waals surface area contributed by atoms with Gasteiger partial charge < -0.3 is 4.74 Å². The predicted molar refractivity (Wildman–Crippen MR) is 88.1 cm³/mol. The van der Waals surface area contributed by atoms with Gasteiger partial charge in [-0.25, -0.2) is 0 Å². The Morgan fingerprint density at radius 2 is 1.96 bits per heavy atom. The van der Waals surface area contributed by atoms with Gasteiger partial charge in [0.25, 0.3) is 10.2 Å². The van der Waals surface area contributed by atoms with Gasteiger partial charge in [-0.05, 0) is 31.2 Å². The summed E-state index contributed by atoms with van der Waals surface area (Å²) in [4.78, 5) is 0. The van der Waals surface area contributed by atoms with Crippen molar-refractivity contribution in [2.24, 2.45) is 5.92 Å². The first-order valence-corrected chi connectivity index (χ1v) is 9.12. The van der Waals surface area contributed by atoms with E-state index in [2.05, 4.69) is 6.07 Å². The zero-order chi connectivity index (χ0) is 17.7.